The average molecular weight is 363 g/mol. The van der Waals surface area contributed by atoms with E-state index >= 15 is 0 Å². The van der Waals surface area contributed by atoms with Crippen LogP contribution in [0.2, 0.25) is 0 Å². The molecule has 0 rings (SSSR count). The van der Waals surface area contributed by atoms with Gasteiger partial charge in [0, 0.05) is 17.9 Å². The van der Waals surface area contributed by atoms with E-state index in [9.17, 15) is 29.7 Å². The van der Waals surface area contributed by atoms with Gasteiger partial charge in [0.2, 0.25) is 0 Å². The maximum Gasteiger partial charge on any atom is 2.00 e. The van der Waals surface area contributed by atoms with Gasteiger partial charge in [-0.1, -0.05) is 40.0 Å². The molecule has 0 aromatic rings. The van der Waals surface area contributed by atoms with Crippen LogP contribution in [0.3, 0.4) is 0 Å². The third kappa shape index (κ3) is 64.4. The summed E-state index contributed by atoms with van der Waals surface area (Å²) in [6.07, 6.45) is 2.55. The predicted molar refractivity (Wildman–Crippen MR) is 65.5 cm³/mol. The molecule has 0 saturated carbocycles. The van der Waals surface area contributed by atoms with E-state index in [0.717, 1.165) is 0 Å². The third-order valence-electron chi connectivity index (χ3n) is 1.36. The molecule has 0 aliphatic heterocycles. The number of carbonyl (C=O) groups is 3. The Bertz CT molecular complexity index is 198. The Morgan fingerprint density at radius 3 is 0.800 bits per heavy atom. The molecule has 0 fully saturated rings. The van der Waals surface area contributed by atoms with E-state index in [-0.39, 0.29) is 65.9 Å². The topological polar surface area (TPSA) is 120 Å². The molecule has 0 N–H and O–H groups in total. The first kappa shape index (κ1) is 32.0. The second kappa shape index (κ2) is 27.3. The van der Waals surface area contributed by atoms with Crippen molar-refractivity contribution in [1.82, 2.24) is 0 Å². The molecule has 0 aliphatic rings. The monoisotopic (exact) mass is 364 g/mol. The Balaban J connectivity index is -0.0000000536. The van der Waals surface area contributed by atoms with Gasteiger partial charge in [0.25, 0.3) is 0 Å². The molecule has 0 aliphatic carbocycles. The molecule has 0 unspecified atom stereocenters. The Kier molecular flexibility index (Phi) is 43.7. The fourth-order valence-corrected chi connectivity index (χ4v) is 0.612. The molecule has 112 valence electrons. The fraction of sp³-hybridized carbons (Fsp3) is 0.750. The maximum absolute atomic E-state index is 9.49. The van der Waals surface area contributed by atoms with Crippen LogP contribution in [0.25, 0.3) is 0 Å². The summed E-state index contributed by atoms with van der Waals surface area (Å²) >= 11 is 0. The van der Waals surface area contributed by atoms with Crippen LogP contribution in [-0.4, -0.2) is 35.0 Å². The summed E-state index contributed by atoms with van der Waals surface area (Å²) in [6, 6.07) is 0. The maximum atomic E-state index is 9.49. The molecule has 8 heteroatoms. The van der Waals surface area contributed by atoms with Crippen molar-refractivity contribution in [2.24, 2.45) is 0 Å². The van der Waals surface area contributed by atoms with Crippen LogP contribution in [0.1, 0.15) is 59.3 Å². The van der Waals surface area contributed by atoms with Gasteiger partial charge in [-0.05, 0) is 19.3 Å². The predicted octanol–water partition coefficient (Wildman–Crippen LogP) is -4.77. The molecule has 0 bridgehead atoms. The Morgan fingerprint density at radius 2 is 0.800 bits per heavy atom. The zero-order chi connectivity index (χ0) is 15.0. The number of carbonyl (C=O) groups excluding carboxylic acids is 3. The van der Waals surface area contributed by atoms with Crippen molar-refractivity contribution in [2.45, 2.75) is 59.3 Å². The minimum absolute atomic E-state index is 0. The average Bonchev–Trinajstić information content (AvgIpc) is 2.18. The van der Waals surface area contributed by atoms with Crippen LogP contribution in [0.15, 0.2) is 0 Å². The Labute approximate surface area is 153 Å². The van der Waals surface area contributed by atoms with Gasteiger partial charge < -0.3 is 29.7 Å². The number of carboxylic acids is 3. The summed E-state index contributed by atoms with van der Waals surface area (Å²) in [6.45, 7) is 5.40. The van der Waals surface area contributed by atoms with E-state index in [2.05, 4.69) is 0 Å². The number of carboxylic acid groups (broad SMARTS) is 3. The van der Waals surface area contributed by atoms with Crippen LogP contribution >= 0.6 is 0 Å². The van der Waals surface area contributed by atoms with Gasteiger partial charge in [0.1, 0.15) is 0 Å². The van der Waals surface area contributed by atoms with Crippen molar-refractivity contribution in [3.8, 4) is 0 Å². The van der Waals surface area contributed by atoms with Gasteiger partial charge in [-0.15, -0.1) is 0 Å². The molecule has 0 saturated heterocycles. The summed E-state index contributed by atoms with van der Waals surface area (Å²) in [5, 5.41) is 28.5. The SMILES string of the molecule is CCCC(=O)[O-].CCCC(=O)[O-].CCCC(=O)[O-].[Na+].[Se+2]. The summed E-state index contributed by atoms with van der Waals surface area (Å²) in [4.78, 5) is 28.5. The van der Waals surface area contributed by atoms with E-state index in [4.69, 9.17) is 0 Å². The van der Waals surface area contributed by atoms with Gasteiger partial charge in [0.15, 0.2) is 0 Å². The first-order valence-electron chi connectivity index (χ1n) is 5.91. The number of hydrogen-bond donors (Lipinski definition) is 0. The number of aliphatic carboxylic acids is 3. The minimum Gasteiger partial charge on any atom is -0.550 e. The van der Waals surface area contributed by atoms with E-state index in [1.807, 2.05) is 0 Å². The summed E-state index contributed by atoms with van der Waals surface area (Å²) in [5.41, 5.74) is 0. The molecule has 0 heterocycles. The van der Waals surface area contributed by atoms with Crippen molar-refractivity contribution >= 4 is 35.0 Å². The molecular formula is C12H21NaO6Se. The molecule has 0 amide bonds. The van der Waals surface area contributed by atoms with E-state index in [1.165, 1.54) is 0 Å². The van der Waals surface area contributed by atoms with Crippen LogP contribution in [-0.2, 0) is 14.4 Å². The van der Waals surface area contributed by atoms with E-state index in [0.29, 0.717) is 19.3 Å². The molecule has 0 spiro atoms. The van der Waals surface area contributed by atoms with Crippen molar-refractivity contribution in [3.63, 3.8) is 0 Å². The standard InChI is InChI=1S/3C4H8O2.Na.Se/c3*1-2-3-4(5)6;;/h3*2-3H2,1H3,(H,5,6);;/q;;;+1;+2/p-3. The van der Waals surface area contributed by atoms with Crippen molar-refractivity contribution in [2.75, 3.05) is 0 Å². The van der Waals surface area contributed by atoms with Gasteiger partial charge >= 0.3 is 46.6 Å². The molecule has 0 atom stereocenters. The van der Waals surface area contributed by atoms with Crippen LogP contribution in [0, 0.1) is 0 Å². The zero-order valence-electron chi connectivity index (χ0n) is 12.6. The number of hydrogen-bond acceptors (Lipinski definition) is 6. The van der Waals surface area contributed by atoms with Gasteiger partial charge in [-0.3, -0.25) is 0 Å². The van der Waals surface area contributed by atoms with Crippen LogP contribution < -0.4 is 44.9 Å². The summed E-state index contributed by atoms with van der Waals surface area (Å²) in [7, 11) is 0. The smallest absolute Gasteiger partial charge is 0.550 e. The van der Waals surface area contributed by atoms with Crippen LogP contribution in [0.4, 0.5) is 0 Å². The van der Waals surface area contributed by atoms with Gasteiger partial charge in [-0.2, -0.15) is 0 Å². The summed E-state index contributed by atoms with van der Waals surface area (Å²) in [5.74, 6) is -2.88. The quantitative estimate of drug-likeness (QED) is 0.437. The first-order chi connectivity index (χ1) is 8.31. The second-order valence-electron chi connectivity index (χ2n) is 3.37. The first-order valence-corrected chi connectivity index (χ1v) is 5.91. The van der Waals surface area contributed by atoms with Crippen molar-refractivity contribution in [1.29, 1.82) is 0 Å². The molecule has 0 aromatic carbocycles. The minimum atomic E-state index is -0.961. The summed E-state index contributed by atoms with van der Waals surface area (Å²) < 4.78 is 0. The van der Waals surface area contributed by atoms with Gasteiger partial charge in [-0.25, -0.2) is 0 Å². The molecule has 4 radical (unpaired) electrons. The van der Waals surface area contributed by atoms with Crippen molar-refractivity contribution < 1.29 is 59.3 Å². The zero-order valence-corrected chi connectivity index (χ0v) is 16.3. The molecule has 20 heavy (non-hydrogen) atoms. The van der Waals surface area contributed by atoms with E-state index in [1.54, 1.807) is 20.8 Å². The molecule has 6 nitrogen and oxygen atoms in total. The molecular weight excluding hydrogens is 342 g/mol. The Morgan fingerprint density at radius 1 is 0.650 bits per heavy atom. The Hall–Kier alpha value is -0.0705. The number of rotatable bonds is 6. The largest absolute Gasteiger partial charge is 2.00 e. The fourth-order valence-electron chi connectivity index (χ4n) is 0.612. The third-order valence-corrected chi connectivity index (χ3v) is 1.36. The van der Waals surface area contributed by atoms with E-state index < -0.39 is 17.9 Å². The van der Waals surface area contributed by atoms with Crippen molar-refractivity contribution in [3.05, 3.63) is 0 Å². The molecule has 0 aromatic heterocycles. The van der Waals surface area contributed by atoms with Crippen LogP contribution in [0.5, 0.6) is 0 Å². The van der Waals surface area contributed by atoms with Gasteiger partial charge in [0.05, 0.1) is 0 Å². The second-order valence-corrected chi connectivity index (χ2v) is 3.37. The normalized spacial score (nSPS) is 7.35.